The Morgan fingerprint density at radius 3 is 2.83 bits per heavy atom. The highest BCUT2D eigenvalue weighted by molar-refractivity contribution is 8.15. The molecule has 0 bridgehead atoms. The average Bonchev–Trinajstić information content (AvgIpc) is 2.95. The van der Waals surface area contributed by atoms with Gasteiger partial charge < -0.3 is 0 Å². The first-order valence-electron chi connectivity index (χ1n) is 6.62. The van der Waals surface area contributed by atoms with E-state index < -0.39 is 4.92 Å². The number of thiazole rings is 1. The molecule has 23 heavy (non-hydrogen) atoms. The van der Waals surface area contributed by atoms with Crippen LogP contribution in [0.4, 0.5) is 5.69 Å². The van der Waals surface area contributed by atoms with Gasteiger partial charge in [0.1, 0.15) is 0 Å². The maximum Gasteiger partial charge on any atom is 0.270 e. The average molecular weight is 342 g/mol. The van der Waals surface area contributed by atoms with Crippen LogP contribution in [0.1, 0.15) is 5.56 Å². The van der Waals surface area contributed by atoms with E-state index in [-0.39, 0.29) is 10.8 Å². The zero-order valence-electron chi connectivity index (χ0n) is 11.7. The molecular formula is C16H10N2O3S2. The maximum absolute atomic E-state index is 12.0. The summed E-state index contributed by atoms with van der Waals surface area (Å²) in [5.74, 6) is 0. The van der Waals surface area contributed by atoms with Crippen molar-refractivity contribution in [2.45, 2.75) is 4.34 Å². The van der Waals surface area contributed by atoms with Crippen LogP contribution in [-0.2, 0) is 4.79 Å². The Balaban J connectivity index is 1.71. The van der Waals surface area contributed by atoms with Crippen LogP contribution in [0.15, 0.2) is 58.9 Å². The highest BCUT2D eigenvalue weighted by Crippen LogP contribution is 2.30. The molecule has 0 fully saturated rings. The van der Waals surface area contributed by atoms with Crippen molar-refractivity contribution in [3.63, 3.8) is 0 Å². The third-order valence-electron chi connectivity index (χ3n) is 2.96. The van der Waals surface area contributed by atoms with E-state index >= 15 is 0 Å². The molecule has 2 aromatic carbocycles. The van der Waals surface area contributed by atoms with Gasteiger partial charge in [-0.1, -0.05) is 30.3 Å². The van der Waals surface area contributed by atoms with Crippen molar-refractivity contribution < 1.29 is 9.72 Å². The van der Waals surface area contributed by atoms with Crippen LogP contribution >= 0.6 is 23.1 Å². The summed E-state index contributed by atoms with van der Waals surface area (Å²) in [6, 6.07) is 13.8. The molecule has 3 rings (SSSR count). The van der Waals surface area contributed by atoms with E-state index in [0.717, 1.165) is 22.0 Å². The highest BCUT2D eigenvalue weighted by Gasteiger charge is 2.08. The number of nitro benzene ring substituents is 1. The number of aromatic nitrogens is 1. The molecule has 0 amide bonds. The van der Waals surface area contributed by atoms with Gasteiger partial charge in [-0.05, 0) is 35.5 Å². The lowest BCUT2D eigenvalue weighted by Crippen LogP contribution is -1.88. The van der Waals surface area contributed by atoms with E-state index in [1.54, 1.807) is 18.2 Å². The molecule has 0 radical (unpaired) electrons. The molecule has 0 aliphatic rings. The maximum atomic E-state index is 12.0. The van der Waals surface area contributed by atoms with Crippen molar-refractivity contribution in [3.8, 4) is 0 Å². The second-order valence-corrected chi connectivity index (χ2v) is 6.84. The second kappa shape index (κ2) is 6.72. The molecule has 1 heterocycles. The number of hydrogen-bond donors (Lipinski definition) is 0. The SMILES string of the molecule is O=C(C=Cc1cccc([N+](=O)[O-])c1)Sc1nc2ccccc2s1. The number of non-ortho nitro benzene ring substituents is 1. The van der Waals surface area contributed by atoms with Gasteiger partial charge in [0.05, 0.1) is 15.1 Å². The lowest BCUT2D eigenvalue weighted by molar-refractivity contribution is -0.384. The van der Waals surface area contributed by atoms with Crippen LogP contribution in [0, 0.1) is 10.1 Å². The minimum Gasteiger partial charge on any atom is -0.282 e. The fourth-order valence-corrected chi connectivity index (χ4v) is 3.75. The molecular weight excluding hydrogens is 332 g/mol. The summed E-state index contributed by atoms with van der Waals surface area (Å²) in [7, 11) is 0. The van der Waals surface area contributed by atoms with Crippen molar-refractivity contribution >= 4 is 50.2 Å². The molecule has 5 nitrogen and oxygen atoms in total. The standard InChI is InChI=1S/C16H10N2O3S2/c19-15(9-8-11-4-3-5-12(10-11)18(20)21)23-16-17-13-6-1-2-7-14(13)22-16/h1-10H. The Labute approximate surface area is 139 Å². The van der Waals surface area contributed by atoms with E-state index in [4.69, 9.17) is 0 Å². The predicted molar refractivity (Wildman–Crippen MR) is 92.6 cm³/mol. The summed E-state index contributed by atoms with van der Waals surface area (Å²) in [6.07, 6.45) is 2.96. The Morgan fingerprint density at radius 2 is 2.04 bits per heavy atom. The molecule has 7 heteroatoms. The summed E-state index contributed by atoms with van der Waals surface area (Å²) >= 11 is 2.51. The second-order valence-electron chi connectivity index (χ2n) is 4.55. The smallest absolute Gasteiger partial charge is 0.270 e. The largest absolute Gasteiger partial charge is 0.282 e. The van der Waals surface area contributed by atoms with Gasteiger partial charge in [0.2, 0.25) is 5.12 Å². The molecule has 0 N–H and O–H groups in total. The Hall–Kier alpha value is -2.51. The van der Waals surface area contributed by atoms with Crippen LogP contribution < -0.4 is 0 Å². The normalized spacial score (nSPS) is 11.1. The third-order valence-corrected chi connectivity index (χ3v) is 4.89. The van der Waals surface area contributed by atoms with Gasteiger partial charge >= 0.3 is 0 Å². The Kier molecular flexibility index (Phi) is 4.50. The number of fused-ring (bicyclic) bond motifs is 1. The number of carbonyl (C=O) groups is 1. The van der Waals surface area contributed by atoms with Crippen molar-refractivity contribution in [1.29, 1.82) is 0 Å². The zero-order chi connectivity index (χ0) is 16.2. The summed E-state index contributed by atoms with van der Waals surface area (Å²) in [4.78, 5) is 26.6. The predicted octanol–water partition coefficient (Wildman–Crippen LogP) is 4.54. The van der Waals surface area contributed by atoms with Gasteiger partial charge in [0.25, 0.3) is 5.69 Å². The number of hydrogen-bond acceptors (Lipinski definition) is 6. The molecule has 0 saturated heterocycles. The number of rotatable bonds is 4. The van der Waals surface area contributed by atoms with Crippen molar-refractivity contribution in [2.75, 3.05) is 0 Å². The van der Waals surface area contributed by atoms with Gasteiger partial charge in [0, 0.05) is 12.1 Å². The van der Waals surface area contributed by atoms with Gasteiger partial charge in [-0.3, -0.25) is 14.9 Å². The van der Waals surface area contributed by atoms with Gasteiger partial charge in [-0.2, -0.15) is 0 Å². The van der Waals surface area contributed by atoms with E-state index in [1.165, 1.54) is 29.5 Å². The fourth-order valence-electron chi connectivity index (χ4n) is 1.92. The Bertz CT molecular complexity index is 885. The van der Waals surface area contributed by atoms with Crippen LogP contribution in [0.5, 0.6) is 0 Å². The number of benzene rings is 2. The first kappa shape index (κ1) is 15.4. The first-order valence-corrected chi connectivity index (χ1v) is 8.25. The summed E-state index contributed by atoms with van der Waals surface area (Å²) in [5.41, 5.74) is 1.48. The number of nitrogens with zero attached hydrogens (tertiary/aromatic N) is 2. The van der Waals surface area contributed by atoms with Crippen LogP contribution in [0.2, 0.25) is 0 Å². The molecule has 0 atom stereocenters. The van der Waals surface area contributed by atoms with Crippen molar-refractivity contribution in [3.05, 3.63) is 70.3 Å². The fraction of sp³-hybridized carbons (Fsp3) is 0. The zero-order valence-corrected chi connectivity index (χ0v) is 13.3. The third kappa shape index (κ3) is 3.82. The highest BCUT2D eigenvalue weighted by atomic mass is 32.2. The number of thioether (sulfide) groups is 1. The van der Waals surface area contributed by atoms with Crippen LogP contribution in [0.25, 0.3) is 16.3 Å². The minimum atomic E-state index is -0.463. The molecule has 3 aromatic rings. The lowest BCUT2D eigenvalue weighted by Gasteiger charge is -1.94. The Morgan fingerprint density at radius 1 is 1.22 bits per heavy atom. The van der Waals surface area contributed by atoms with E-state index in [0.29, 0.717) is 9.90 Å². The van der Waals surface area contributed by atoms with E-state index in [9.17, 15) is 14.9 Å². The van der Waals surface area contributed by atoms with Crippen LogP contribution in [-0.4, -0.2) is 15.0 Å². The molecule has 0 saturated carbocycles. The van der Waals surface area contributed by atoms with E-state index in [1.807, 2.05) is 24.3 Å². The number of nitro groups is 1. The molecule has 114 valence electrons. The minimum absolute atomic E-state index is 0.00146. The van der Waals surface area contributed by atoms with Gasteiger partial charge in [-0.15, -0.1) is 11.3 Å². The summed E-state index contributed by atoms with van der Waals surface area (Å²) in [6.45, 7) is 0. The van der Waals surface area contributed by atoms with Crippen molar-refractivity contribution in [2.24, 2.45) is 0 Å². The van der Waals surface area contributed by atoms with E-state index in [2.05, 4.69) is 4.98 Å². The molecule has 0 aliphatic carbocycles. The van der Waals surface area contributed by atoms with Gasteiger partial charge in [0.15, 0.2) is 4.34 Å². The molecule has 1 aromatic heterocycles. The number of carbonyl (C=O) groups excluding carboxylic acids is 1. The topological polar surface area (TPSA) is 73.1 Å². The monoisotopic (exact) mass is 342 g/mol. The molecule has 0 spiro atoms. The summed E-state index contributed by atoms with van der Waals surface area (Å²) < 4.78 is 1.71. The lowest BCUT2D eigenvalue weighted by atomic mass is 10.2. The van der Waals surface area contributed by atoms with Crippen LogP contribution in [0.3, 0.4) is 0 Å². The number of para-hydroxylation sites is 1. The summed E-state index contributed by atoms with van der Waals surface area (Å²) in [5, 5.41) is 10.6. The van der Waals surface area contributed by atoms with Crippen molar-refractivity contribution in [1.82, 2.24) is 4.98 Å². The first-order chi connectivity index (χ1) is 11.1. The molecule has 0 aliphatic heterocycles. The van der Waals surface area contributed by atoms with Gasteiger partial charge in [-0.25, -0.2) is 4.98 Å². The molecule has 0 unspecified atom stereocenters. The quantitative estimate of drug-likeness (QED) is 0.301.